The van der Waals surface area contributed by atoms with Crippen LogP contribution in [0.1, 0.15) is 19.8 Å². The van der Waals surface area contributed by atoms with Gasteiger partial charge in [-0.15, -0.1) is 5.73 Å². The maximum absolute atomic E-state index is 9.82. The van der Waals surface area contributed by atoms with E-state index in [1.165, 1.54) is 0 Å². The number of hydrogen-bond acceptors (Lipinski definition) is 1. The summed E-state index contributed by atoms with van der Waals surface area (Å²) in [4.78, 5) is 9.82. The first-order chi connectivity index (χ1) is 4.91. The van der Waals surface area contributed by atoms with Crippen molar-refractivity contribution < 1.29 is 4.79 Å². The van der Waals surface area contributed by atoms with E-state index in [4.69, 9.17) is 0 Å². The minimum Gasteiger partial charge on any atom is -0.303 e. The maximum atomic E-state index is 9.82. The van der Waals surface area contributed by atoms with Crippen LogP contribution in [0.4, 0.5) is 0 Å². The standard InChI is InChI=1S/C9H12O/c1-2-3-4-5-6-7-8-9-10/h2-4,6,9H,7-8H2,1H3/b3-2+. The third-order valence-electron chi connectivity index (χ3n) is 0.932. The van der Waals surface area contributed by atoms with Crippen molar-refractivity contribution in [2.24, 2.45) is 0 Å². The summed E-state index contributed by atoms with van der Waals surface area (Å²) in [6.45, 7) is 1.95. The molecule has 0 aliphatic rings. The molecule has 1 heteroatoms. The molecule has 0 rings (SSSR count). The van der Waals surface area contributed by atoms with Gasteiger partial charge in [0.05, 0.1) is 0 Å². The first kappa shape index (κ1) is 8.93. The molecule has 0 bridgehead atoms. The molecule has 0 saturated carbocycles. The molecule has 0 fully saturated rings. The molecule has 0 N–H and O–H groups in total. The summed E-state index contributed by atoms with van der Waals surface area (Å²) in [5.41, 5.74) is 2.93. The molecule has 0 aromatic heterocycles. The summed E-state index contributed by atoms with van der Waals surface area (Å²) < 4.78 is 0. The van der Waals surface area contributed by atoms with Gasteiger partial charge < -0.3 is 4.79 Å². The van der Waals surface area contributed by atoms with Gasteiger partial charge in [0.15, 0.2) is 0 Å². The highest BCUT2D eigenvalue weighted by Crippen LogP contribution is 1.84. The Morgan fingerprint density at radius 2 is 2.20 bits per heavy atom. The predicted molar refractivity (Wildman–Crippen MR) is 42.8 cm³/mol. The van der Waals surface area contributed by atoms with Crippen LogP contribution in [0.3, 0.4) is 0 Å². The molecule has 0 amide bonds. The van der Waals surface area contributed by atoms with Crippen molar-refractivity contribution in [3.8, 4) is 0 Å². The van der Waals surface area contributed by atoms with Crippen LogP contribution in [0.2, 0.25) is 0 Å². The summed E-state index contributed by atoms with van der Waals surface area (Å²) in [5.74, 6) is 0. The molecule has 1 nitrogen and oxygen atoms in total. The fraction of sp³-hybridized carbons (Fsp3) is 0.333. The molecule has 0 radical (unpaired) electrons. The fourth-order valence-electron chi connectivity index (χ4n) is 0.455. The molecule has 0 aliphatic carbocycles. The van der Waals surface area contributed by atoms with Gasteiger partial charge in [0.1, 0.15) is 6.29 Å². The molecular weight excluding hydrogens is 124 g/mol. The zero-order chi connectivity index (χ0) is 7.66. The Kier molecular flexibility index (Phi) is 7.08. The van der Waals surface area contributed by atoms with E-state index in [2.05, 4.69) is 5.73 Å². The van der Waals surface area contributed by atoms with E-state index >= 15 is 0 Å². The number of unbranched alkanes of at least 4 members (excludes halogenated alkanes) is 1. The average Bonchev–Trinajstić information content (AvgIpc) is 1.97. The summed E-state index contributed by atoms with van der Waals surface area (Å²) in [7, 11) is 0. The summed E-state index contributed by atoms with van der Waals surface area (Å²) in [6, 6.07) is 0. The number of aldehydes is 1. The summed E-state index contributed by atoms with van der Waals surface area (Å²) >= 11 is 0. The maximum Gasteiger partial charge on any atom is 0.120 e. The van der Waals surface area contributed by atoms with Gasteiger partial charge in [-0.3, -0.25) is 0 Å². The molecule has 0 saturated heterocycles. The van der Waals surface area contributed by atoms with Crippen molar-refractivity contribution in [1.82, 2.24) is 0 Å². The van der Waals surface area contributed by atoms with E-state index in [-0.39, 0.29) is 0 Å². The average molecular weight is 136 g/mol. The lowest BCUT2D eigenvalue weighted by molar-refractivity contribution is -0.107. The van der Waals surface area contributed by atoms with E-state index in [0.29, 0.717) is 6.42 Å². The van der Waals surface area contributed by atoms with E-state index < -0.39 is 0 Å². The first-order valence-electron chi connectivity index (χ1n) is 3.37. The SMILES string of the molecule is C/C=C/C=C=CCCC=O. The van der Waals surface area contributed by atoms with Gasteiger partial charge in [0.25, 0.3) is 0 Å². The lowest BCUT2D eigenvalue weighted by atomic mass is 10.3. The molecular formula is C9H12O. The topological polar surface area (TPSA) is 17.1 Å². The van der Waals surface area contributed by atoms with Crippen LogP contribution in [-0.4, -0.2) is 6.29 Å². The van der Waals surface area contributed by atoms with Gasteiger partial charge in [-0.05, 0) is 25.5 Å². The van der Waals surface area contributed by atoms with Crippen LogP contribution in [0.15, 0.2) is 30.0 Å². The summed E-state index contributed by atoms with van der Waals surface area (Å²) in [5, 5.41) is 0. The van der Waals surface area contributed by atoms with Crippen molar-refractivity contribution in [2.45, 2.75) is 19.8 Å². The van der Waals surface area contributed by atoms with Crippen LogP contribution in [0.5, 0.6) is 0 Å². The smallest absolute Gasteiger partial charge is 0.120 e. The lowest BCUT2D eigenvalue weighted by Gasteiger charge is -1.74. The van der Waals surface area contributed by atoms with Crippen LogP contribution in [0.25, 0.3) is 0 Å². The third-order valence-corrected chi connectivity index (χ3v) is 0.932. The Balaban J connectivity index is 3.43. The Bertz CT molecular complexity index is 160. The van der Waals surface area contributed by atoms with E-state index in [0.717, 1.165) is 12.7 Å². The zero-order valence-corrected chi connectivity index (χ0v) is 6.21. The van der Waals surface area contributed by atoms with Crippen molar-refractivity contribution in [1.29, 1.82) is 0 Å². The molecule has 0 atom stereocenters. The van der Waals surface area contributed by atoms with Crippen molar-refractivity contribution in [3.05, 3.63) is 30.0 Å². The minimum absolute atomic E-state index is 0.594. The van der Waals surface area contributed by atoms with Crippen molar-refractivity contribution in [2.75, 3.05) is 0 Å². The van der Waals surface area contributed by atoms with Gasteiger partial charge in [-0.2, -0.15) is 0 Å². The number of allylic oxidation sites excluding steroid dienone is 3. The van der Waals surface area contributed by atoms with Crippen LogP contribution >= 0.6 is 0 Å². The van der Waals surface area contributed by atoms with E-state index in [1.807, 2.05) is 31.2 Å². The molecule has 54 valence electrons. The lowest BCUT2D eigenvalue weighted by Crippen LogP contribution is -1.67. The van der Waals surface area contributed by atoms with Gasteiger partial charge in [0, 0.05) is 6.42 Å². The Morgan fingerprint density at radius 1 is 1.40 bits per heavy atom. The van der Waals surface area contributed by atoms with Gasteiger partial charge in [0.2, 0.25) is 0 Å². The third kappa shape index (κ3) is 6.93. The van der Waals surface area contributed by atoms with E-state index in [9.17, 15) is 4.79 Å². The quantitative estimate of drug-likeness (QED) is 0.251. The highest BCUT2D eigenvalue weighted by molar-refractivity contribution is 5.49. The normalized spacial score (nSPS) is 8.90. The number of hydrogen-bond donors (Lipinski definition) is 0. The zero-order valence-electron chi connectivity index (χ0n) is 6.21. The minimum atomic E-state index is 0.594. The van der Waals surface area contributed by atoms with Gasteiger partial charge >= 0.3 is 0 Å². The Morgan fingerprint density at radius 3 is 2.80 bits per heavy atom. The first-order valence-corrected chi connectivity index (χ1v) is 3.37. The molecule has 10 heavy (non-hydrogen) atoms. The largest absolute Gasteiger partial charge is 0.303 e. The Labute approximate surface area is 61.8 Å². The van der Waals surface area contributed by atoms with Crippen molar-refractivity contribution >= 4 is 6.29 Å². The second-order valence-electron chi connectivity index (χ2n) is 1.81. The molecule has 0 aromatic rings. The highest BCUT2D eigenvalue weighted by atomic mass is 16.1. The summed E-state index contributed by atoms with van der Waals surface area (Å²) in [6.07, 6.45) is 9.80. The molecule has 0 aromatic carbocycles. The van der Waals surface area contributed by atoms with Crippen LogP contribution in [-0.2, 0) is 4.79 Å². The van der Waals surface area contributed by atoms with Gasteiger partial charge in [-0.1, -0.05) is 12.2 Å². The highest BCUT2D eigenvalue weighted by Gasteiger charge is 1.73. The fourth-order valence-corrected chi connectivity index (χ4v) is 0.455. The second kappa shape index (κ2) is 7.93. The van der Waals surface area contributed by atoms with E-state index in [1.54, 1.807) is 0 Å². The number of rotatable bonds is 4. The molecule has 0 unspecified atom stereocenters. The van der Waals surface area contributed by atoms with Crippen LogP contribution < -0.4 is 0 Å². The molecule has 0 heterocycles. The van der Waals surface area contributed by atoms with Gasteiger partial charge in [-0.25, -0.2) is 0 Å². The molecule has 0 spiro atoms. The monoisotopic (exact) mass is 136 g/mol. The molecule has 0 aliphatic heterocycles. The Hall–Kier alpha value is -1.07. The second-order valence-corrected chi connectivity index (χ2v) is 1.81. The number of carbonyl (C=O) groups is 1. The number of carbonyl (C=O) groups excluding carboxylic acids is 1. The predicted octanol–water partition coefficient (Wildman–Crippen LogP) is 2.25. The van der Waals surface area contributed by atoms with Crippen molar-refractivity contribution in [3.63, 3.8) is 0 Å². The van der Waals surface area contributed by atoms with Crippen LogP contribution in [0, 0.1) is 0 Å².